The molecule has 140 valence electrons. The van der Waals surface area contributed by atoms with Gasteiger partial charge in [0.1, 0.15) is 5.82 Å². The molecule has 2 aromatic rings. The number of rotatable bonds is 5. The zero-order chi connectivity index (χ0) is 18.8. The monoisotopic (exact) mass is 366 g/mol. The zero-order valence-electron chi connectivity index (χ0n) is 15.2. The lowest BCUT2D eigenvalue weighted by Gasteiger charge is -2.28. The van der Waals surface area contributed by atoms with Gasteiger partial charge in [0.15, 0.2) is 0 Å². The fraction of sp³-hybridized carbons (Fsp3) is 0.364. The predicted molar refractivity (Wildman–Crippen MR) is 100 cm³/mol. The summed E-state index contributed by atoms with van der Waals surface area (Å²) in [4.78, 5) is 27.3. The number of carbonyl (C=O) groups is 2. The SMILES string of the molecule is O=C(CC(c1ccc(F)cc1)N1Cc2ccccc2C1=O)NC1CCCC1. The fourth-order valence-electron chi connectivity index (χ4n) is 4.15. The van der Waals surface area contributed by atoms with E-state index in [0.29, 0.717) is 12.1 Å². The number of amides is 2. The van der Waals surface area contributed by atoms with Crippen LogP contribution >= 0.6 is 0 Å². The highest BCUT2D eigenvalue weighted by Gasteiger charge is 2.34. The van der Waals surface area contributed by atoms with Crippen LogP contribution in [-0.2, 0) is 11.3 Å². The van der Waals surface area contributed by atoms with Gasteiger partial charge in [-0.2, -0.15) is 0 Å². The Bertz CT molecular complexity index is 844. The first kappa shape index (κ1) is 17.7. The Morgan fingerprint density at radius 1 is 1.11 bits per heavy atom. The first-order valence-electron chi connectivity index (χ1n) is 9.55. The van der Waals surface area contributed by atoms with Crippen LogP contribution in [0.25, 0.3) is 0 Å². The third-order valence-corrected chi connectivity index (χ3v) is 5.58. The third kappa shape index (κ3) is 3.72. The van der Waals surface area contributed by atoms with Crippen molar-refractivity contribution < 1.29 is 14.0 Å². The van der Waals surface area contributed by atoms with E-state index in [9.17, 15) is 14.0 Å². The number of nitrogens with zero attached hydrogens (tertiary/aromatic N) is 1. The summed E-state index contributed by atoms with van der Waals surface area (Å²) in [5.74, 6) is -0.461. The van der Waals surface area contributed by atoms with E-state index in [1.165, 1.54) is 12.1 Å². The summed E-state index contributed by atoms with van der Waals surface area (Å²) >= 11 is 0. The van der Waals surface area contributed by atoms with E-state index in [2.05, 4.69) is 5.32 Å². The molecule has 2 aliphatic rings. The van der Waals surface area contributed by atoms with Gasteiger partial charge in [-0.15, -0.1) is 0 Å². The average molecular weight is 366 g/mol. The minimum atomic E-state index is -0.410. The number of benzene rings is 2. The van der Waals surface area contributed by atoms with Crippen molar-refractivity contribution in [1.29, 1.82) is 0 Å². The van der Waals surface area contributed by atoms with Gasteiger partial charge in [-0.25, -0.2) is 4.39 Å². The molecule has 0 radical (unpaired) electrons. The summed E-state index contributed by atoms with van der Waals surface area (Å²) in [5, 5.41) is 3.10. The van der Waals surface area contributed by atoms with Crippen LogP contribution in [0.2, 0.25) is 0 Å². The number of hydrogen-bond donors (Lipinski definition) is 1. The number of nitrogens with one attached hydrogen (secondary N) is 1. The van der Waals surface area contributed by atoms with Crippen LogP contribution in [0.15, 0.2) is 48.5 Å². The van der Waals surface area contributed by atoms with Crippen molar-refractivity contribution in [3.05, 3.63) is 71.0 Å². The average Bonchev–Trinajstić information content (AvgIpc) is 3.29. The van der Waals surface area contributed by atoms with Gasteiger partial charge in [-0.1, -0.05) is 43.2 Å². The summed E-state index contributed by atoms with van der Waals surface area (Å²) in [6, 6.07) is 13.4. The summed E-state index contributed by atoms with van der Waals surface area (Å²) in [6.45, 7) is 0.466. The second kappa shape index (κ2) is 7.51. The second-order valence-electron chi connectivity index (χ2n) is 7.41. The maximum absolute atomic E-state index is 13.4. The molecule has 1 atom stereocenters. The van der Waals surface area contributed by atoms with E-state index in [0.717, 1.165) is 36.8 Å². The van der Waals surface area contributed by atoms with E-state index in [-0.39, 0.29) is 30.1 Å². The van der Waals surface area contributed by atoms with E-state index >= 15 is 0 Å². The quantitative estimate of drug-likeness (QED) is 0.870. The number of carbonyl (C=O) groups excluding carboxylic acids is 2. The summed E-state index contributed by atoms with van der Waals surface area (Å²) in [6.07, 6.45) is 4.50. The third-order valence-electron chi connectivity index (χ3n) is 5.58. The molecule has 0 spiro atoms. The molecule has 27 heavy (non-hydrogen) atoms. The van der Waals surface area contributed by atoms with Crippen molar-refractivity contribution in [3.63, 3.8) is 0 Å². The van der Waals surface area contributed by atoms with Crippen LogP contribution < -0.4 is 5.32 Å². The lowest BCUT2D eigenvalue weighted by Crippen LogP contribution is -2.37. The highest BCUT2D eigenvalue weighted by Crippen LogP contribution is 2.33. The summed E-state index contributed by atoms with van der Waals surface area (Å²) in [5.41, 5.74) is 2.42. The van der Waals surface area contributed by atoms with Gasteiger partial charge in [0, 0.05) is 18.2 Å². The molecular formula is C22H23FN2O2. The lowest BCUT2D eigenvalue weighted by molar-refractivity contribution is -0.122. The predicted octanol–water partition coefficient (Wildman–Crippen LogP) is 3.97. The number of fused-ring (bicyclic) bond motifs is 1. The standard InChI is InChI=1S/C22H23FN2O2/c23-17-11-9-15(10-12-17)20(13-21(26)24-18-6-2-3-7-18)25-14-16-5-1-4-8-19(16)22(25)27/h1,4-5,8-12,18,20H,2-3,6-7,13-14H2,(H,24,26). The van der Waals surface area contributed by atoms with Crippen LogP contribution in [-0.4, -0.2) is 22.8 Å². The molecule has 1 heterocycles. The largest absolute Gasteiger partial charge is 0.353 e. The Labute approximate surface area is 158 Å². The molecule has 1 saturated carbocycles. The maximum atomic E-state index is 13.4. The number of hydrogen-bond acceptors (Lipinski definition) is 2. The van der Waals surface area contributed by atoms with Crippen molar-refractivity contribution in [3.8, 4) is 0 Å². The summed E-state index contributed by atoms with van der Waals surface area (Å²) < 4.78 is 13.4. The van der Waals surface area contributed by atoms with Gasteiger partial charge in [0.25, 0.3) is 5.91 Å². The van der Waals surface area contributed by atoms with Gasteiger partial charge in [0.2, 0.25) is 5.91 Å². The molecule has 5 heteroatoms. The van der Waals surface area contributed by atoms with Gasteiger partial charge < -0.3 is 10.2 Å². The molecule has 0 bridgehead atoms. The topological polar surface area (TPSA) is 49.4 Å². The minimum Gasteiger partial charge on any atom is -0.353 e. The Hall–Kier alpha value is -2.69. The van der Waals surface area contributed by atoms with Gasteiger partial charge in [-0.05, 0) is 42.2 Å². The smallest absolute Gasteiger partial charge is 0.255 e. The Morgan fingerprint density at radius 3 is 2.52 bits per heavy atom. The highest BCUT2D eigenvalue weighted by atomic mass is 19.1. The van der Waals surface area contributed by atoms with Gasteiger partial charge >= 0.3 is 0 Å². The first-order valence-corrected chi connectivity index (χ1v) is 9.55. The Kier molecular flexibility index (Phi) is 4.92. The molecule has 1 N–H and O–H groups in total. The van der Waals surface area contributed by atoms with Crippen LogP contribution in [0, 0.1) is 5.82 Å². The second-order valence-corrected chi connectivity index (χ2v) is 7.41. The Morgan fingerprint density at radius 2 is 1.81 bits per heavy atom. The molecule has 1 fully saturated rings. The molecule has 1 aliphatic heterocycles. The van der Waals surface area contributed by atoms with Crippen molar-refractivity contribution in [2.75, 3.05) is 0 Å². The minimum absolute atomic E-state index is 0.0556. The van der Waals surface area contributed by atoms with Crippen molar-refractivity contribution in [1.82, 2.24) is 10.2 Å². The Balaban J connectivity index is 1.57. The molecular weight excluding hydrogens is 343 g/mol. The maximum Gasteiger partial charge on any atom is 0.255 e. The van der Waals surface area contributed by atoms with Crippen LogP contribution in [0.5, 0.6) is 0 Å². The first-order chi connectivity index (χ1) is 13.1. The fourth-order valence-corrected chi connectivity index (χ4v) is 4.15. The van der Waals surface area contributed by atoms with Crippen molar-refractivity contribution >= 4 is 11.8 Å². The van der Waals surface area contributed by atoms with Crippen molar-refractivity contribution in [2.24, 2.45) is 0 Å². The molecule has 2 amide bonds. The summed E-state index contributed by atoms with van der Waals surface area (Å²) in [7, 11) is 0. The van der Waals surface area contributed by atoms with Gasteiger partial charge in [0.05, 0.1) is 12.5 Å². The van der Waals surface area contributed by atoms with E-state index in [4.69, 9.17) is 0 Å². The number of halogens is 1. The molecule has 0 saturated heterocycles. The molecule has 4 rings (SSSR count). The van der Waals surface area contributed by atoms with Crippen LogP contribution in [0.3, 0.4) is 0 Å². The van der Waals surface area contributed by atoms with E-state index in [1.807, 2.05) is 24.3 Å². The van der Waals surface area contributed by atoms with Crippen LogP contribution in [0.4, 0.5) is 4.39 Å². The zero-order valence-corrected chi connectivity index (χ0v) is 15.2. The van der Waals surface area contributed by atoms with E-state index in [1.54, 1.807) is 17.0 Å². The molecule has 1 unspecified atom stereocenters. The lowest BCUT2D eigenvalue weighted by atomic mass is 10.0. The molecule has 1 aliphatic carbocycles. The molecule has 4 nitrogen and oxygen atoms in total. The molecule has 0 aromatic heterocycles. The van der Waals surface area contributed by atoms with E-state index < -0.39 is 6.04 Å². The van der Waals surface area contributed by atoms with Crippen molar-refractivity contribution in [2.45, 2.75) is 50.7 Å². The van der Waals surface area contributed by atoms with Crippen LogP contribution in [0.1, 0.15) is 59.6 Å². The normalized spacial score (nSPS) is 17.8. The highest BCUT2D eigenvalue weighted by molar-refractivity contribution is 5.98. The van der Waals surface area contributed by atoms with Gasteiger partial charge in [-0.3, -0.25) is 9.59 Å². The molecule has 2 aromatic carbocycles.